The van der Waals surface area contributed by atoms with E-state index in [9.17, 15) is 5.26 Å². The molecule has 0 saturated carbocycles. The van der Waals surface area contributed by atoms with Crippen molar-refractivity contribution in [3.63, 3.8) is 0 Å². The molecule has 1 saturated heterocycles. The Morgan fingerprint density at radius 2 is 1.89 bits per heavy atom. The van der Waals surface area contributed by atoms with E-state index in [1.54, 1.807) is 12.3 Å². The predicted octanol–water partition coefficient (Wildman–Crippen LogP) is 3.46. The van der Waals surface area contributed by atoms with Crippen molar-refractivity contribution >= 4 is 5.69 Å². The van der Waals surface area contributed by atoms with E-state index in [1.807, 2.05) is 36.4 Å². The lowest BCUT2D eigenvalue weighted by molar-refractivity contribution is 0.484. The lowest BCUT2D eigenvalue weighted by atomic mass is 10.1. The van der Waals surface area contributed by atoms with Crippen LogP contribution in [0.5, 0.6) is 11.5 Å². The lowest BCUT2D eigenvalue weighted by Crippen LogP contribution is -2.43. The predicted molar refractivity (Wildman–Crippen MR) is 105 cm³/mol. The second kappa shape index (κ2) is 7.52. The first kappa shape index (κ1) is 17.1. The maximum atomic E-state index is 9.59. The van der Waals surface area contributed by atoms with Crippen LogP contribution in [0.15, 0.2) is 48.7 Å². The molecule has 0 radical (unpaired) electrons. The second-order valence-electron chi connectivity index (χ2n) is 6.59. The number of nitrogens with one attached hydrogen (secondary N) is 2. The van der Waals surface area contributed by atoms with Gasteiger partial charge in [0.15, 0.2) is 5.75 Å². The Labute approximate surface area is 158 Å². The molecule has 6 heteroatoms. The minimum atomic E-state index is 0.620. The molecule has 1 aliphatic heterocycles. The van der Waals surface area contributed by atoms with E-state index >= 15 is 0 Å². The number of nitrogens with zero attached hydrogens (tertiary/aromatic N) is 3. The summed E-state index contributed by atoms with van der Waals surface area (Å²) in [5.41, 5.74) is 4.50. The number of H-pyrrole nitrogens is 1. The third kappa shape index (κ3) is 3.64. The number of aromatic amines is 1. The molecule has 27 heavy (non-hydrogen) atoms. The van der Waals surface area contributed by atoms with Gasteiger partial charge < -0.3 is 15.0 Å². The Morgan fingerprint density at radius 3 is 2.63 bits per heavy atom. The number of anilines is 1. The van der Waals surface area contributed by atoms with Gasteiger partial charge in [-0.25, -0.2) is 0 Å². The number of aromatic nitrogens is 2. The van der Waals surface area contributed by atoms with Gasteiger partial charge in [0.05, 0.1) is 17.4 Å². The normalized spacial score (nSPS) is 14.0. The molecule has 3 aromatic rings. The summed E-state index contributed by atoms with van der Waals surface area (Å²) in [5, 5.41) is 20.1. The van der Waals surface area contributed by atoms with E-state index in [2.05, 4.69) is 33.4 Å². The molecule has 1 aliphatic rings. The molecule has 4 rings (SSSR count). The monoisotopic (exact) mass is 359 g/mol. The van der Waals surface area contributed by atoms with Crippen molar-refractivity contribution in [2.45, 2.75) is 6.92 Å². The highest BCUT2D eigenvalue weighted by Crippen LogP contribution is 2.33. The van der Waals surface area contributed by atoms with E-state index < -0.39 is 0 Å². The van der Waals surface area contributed by atoms with E-state index in [1.165, 1.54) is 5.56 Å². The van der Waals surface area contributed by atoms with Gasteiger partial charge in [-0.2, -0.15) is 10.4 Å². The van der Waals surface area contributed by atoms with Crippen molar-refractivity contribution in [1.29, 1.82) is 5.26 Å². The van der Waals surface area contributed by atoms with E-state index in [-0.39, 0.29) is 0 Å². The summed E-state index contributed by atoms with van der Waals surface area (Å²) in [6, 6.07) is 16.1. The van der Waals surface area contributed by atoms with Crippen LogP contribution in [0.1, 0.15) is 11.1 Å². The van der Waals surface area contributed by atoms with Crippen LogP contribution >= 0.6 is 0 Å². The molecule has 2 N–H and O–H groups in total. The van der Waals surface area contributed by atoms with Gasteiger partial charge in [0, 0.05) is 37.8 Å². The zero-order chi connectivity index (χ0) is 18.6. The molecular weight excluding hydrogens is 338 g/mol. The van der Waals surface area contributed by atoms with Crippen LogP contribution in [0.4, 0.5) is 5.69 Å². The number of hydrogen-bond donors (Lipinski definition) is 2. The molecule has 1 fully saturated rings. The molecule has 0 atom stereocenters. The Hall–Kier alpha value is -3.30. The van der Waals surface area contributed by atoms with Crippen LogP contribution in [0.3, 0.4) is 0 Å². The van der Waals surface area contributed by atoms with Gasteiger partial charge in [-0.1, -0.05) is 29.8 Å². The van der Waals surface area contributed by atoms with Gasteiger partial charge in [-0.3, -0.25) is 5.10 Å². The fraction of sp³-hybridized carbons (Fsp3) is 0.238. The Bertz CT molecular complexity index is 965. The molecular formula is C21H21N5O. The highest BCUT2D eigenvalue weighted by Gasteiger charge is 2.16. The van der Waals surface area contributed by atoms with E-state index in [4.69, 9.17) is 4.74 Å². The average molecular weight is 359 g/mol. The molecule has 0 bridgehead atoms. The molecule has 2 aromatic carbocycles. The molecule has 0 spiro atoms. The quantitative estimate of drug-likeness (QED) is 0.746. The second-order valence-corrected chi connectivity index (χ2v) is 6.59. The summed E-state index contributed by atoms with van der Waals surface area (Å²) in [4.78, 5) is 2.23. The number of rotatable bonds is 4. The number of piperazine rings is 1. The largest absolute Gasteiger partial charge is 0.453 e. The highest BCUT2D eigenvalue weighted by molar-refractivity contribution is 5.67. The Balaban J connectivity index is 1.60. The van der Waals surface area contributed by atoms with Gasteiger partial charge in [0.25, 0.3) is 0 Å². The zero-order valence-corrected chi connectivity index (χ0v) is 15.2. The summed E-state index contributed by atoms with van der Waals surface area (Å²) in [5.74, 6) is 1.26. The number of benzene rings is 2. The van der Waals surface area contributed by atoms with Crippen LogP contribution in [0.25, 0.3) is 11.3 Å². The highest BCUT2D eigenvalue weighted by atomic mass is 16.5. The molecule has 6 nitrogen and oxygen atoms in total. The van der Waals surface area contributed by atoms with Gasteiger partial charge in [-0.05, 0) is 19.1 Å². The Morgan fingerprint density at radius 1 is 1.11 bits per heavy atom. The van der Waals surface area contributed by atoms with E-state index in [0.29, 0.717) is 17.1 Å². The molecule has 2 heterocycles. The number of aryl methyl sites for hydroxylation is 1. The van der Waals surface area contributed by atoms with Gasteiger partial charge in [-0.15, -0.1) is 0 Å². The first-order valence-corrected chi connectivity index (χ1v) is 9.03. The smallest absolute Gasteiger partial charge is 0.173 e. The first-order chi connectivity index (χ1) is 13.2. The van der Waals surface area contributed by atoms with Crippen LogP contribution in [0, 0.1) is 18.3 Å². The van der Waals surface area contributed by atoms with E-state index in [0.717, 1.165) is 43.1 Å². The topological polar surface area (TPSA) is 77.0 Å². The van der Waals surface area contributed by atoms with Crippen molar-refractivity contribution < 1.29 is 4.74 Å². The van der Waals surface area contributed by atoms with Gasteiger partial charge in [0.1, 0.15) is 17.5 Å². The number of ether oxygens (including phenoxy) is 1. The maximum Gasteiger partial charge on any atom is 0.173 e. The summed E-state index contributed by atoms with van der Waals surface area (Å²) in [6.07, 6.45) is 1.73. The van der Waals surface area contributed by atoms with Crippen LogP contribution in [-0.4, -0.2) is 36.4 Å². The summed E-state index contributed by atoms with van der Waals surface area (Å²) >= 11 is 0. The lowest BCUT2D eigenvalue weighted by Gasteiger charge is -2.30. The third-order valence-electron chi connectivity index (χ3n) is 4.70. The average Bonchev–Trinajstić information content (AvgIpc) is 3.17. The van der Waals surface area contributed by atoms with Crippen LogP contribution in [0.2, 0.25) is 0 Å². The first-order valence-electron chi connectivity index (χ1n) is 9.03. The minimum absolute atomic E-state index is 0.620. The van der Waals surface area contributed by atoms with Crippen LogP contribution in [-0.2, 0) is 0 Å². The standard InChI is InChI=1S/C21H21N5O/c1-15-2-4-16(5-3-15)21-20(14-24-25-21)27-18-6-7-19(17(12-18)13-22)26-10-8-23-9-11-26/h2-7,12,14,23H,8-11H2,1H3,(H,24,25). The van der Waals surface area contributed by atoms with Crippen molar-refractivity contribution in [1.82, 2.24) is 15.5 Å². The fourth-order valence-electron chi connectivity index (χ4n) is 3.25. The van der Waals surface area contributed by atoms with Crippen molar-refractivity contribution in [3.8, 4) is 28.8 Å². The molecule has 0 amide bonds. The number of hydrogen-bond acceptors (Lipinski definition) is 5. The van der Waals surface area contributed by atoms with Crippen LogP contribution < -0.4 is 15.0 Å². The molecule has 0 unspecified atom stereocenters. The summed E-state index contributed by atoms with van der Waals surface area (Å²) in [7, 11) is 0. The maximum absolute atomic E-state index is 9.59. The summed E-state index contributed by atoms with van der Waals surface area (Å²) in [6.45, 7) is 5.70. The van der Waals surface area contributed by atoms with Crippen molar-refractivity contribution in [2.75, 3.05) is 31.1 Å². The van der Waals surface area contributed by atoms with Crippen molar-refractivity contribution in [3.05, 3.63) is 59.8 Å². The molecule has 1 aromatic heterocycles. The zero-order valence-electron chi connectivity index (χ0n) is 15.2. The summed E-state index contributed by atoms with van der Waals surface area (Å²) < 4.78 is 6.04. The minimum Gasteiger partial charge on any atom is -0.453 e. The van der Waals surface area contributed by atoms with Gasteiger partial charge in [0.2, 0.25) is 0 Å². The third-order valence-corrected chi connectivity index (χ3v) is 4.70. The fourth-order valence-corrected chi connectivity index (χ4v) is 3.25. The molecule has 0 aliphatic carbocycles. The number of nitriles is 1. The Kier molecular flexibility index (Phi) is 4.77. The van der Waals surface area contributed by atoms with Gasteiger partial charge >= 0.3 is 0 Å². The SMILES string of the molecule is Cc1ccc(-c2n[nH]cc2Oc2ccc(N3CCNCC3)c(C#N)c2)cc1. The van der Waals surface area contributed by atoms with Crippen molar-refractivity contribution in [2.24, 2.45) is 0 Å². The molecule has 136 valence electrons.